The first kappa shape index (κ1) is 21.2. The highest BCUT2D eigenvalue weighted by atomic mass is 35.5. The Balaban J connectivity index is 1.93. The summed E-state index contributed by atoms with van der Waals surface area (Å²) in [6.07, 6.45) is 1.80. The van der Waals surface area contributed by atoms with Crippen molar-refractivity contribution in [1.29, 1.82) is 0 Å². The number of nitro groups is 1. The summed E-state index contributed by atoms with van der Waals surface area (Å²) in [6, 6.07) is 7.32. The Bertz CT molecular complexity index is 1110. The number of cyclic esters (lactones) is 1. The maximum Gasteiger partial charge on any atom is 0.363 e. The van der Waals surface area contributed by atoms with Gasteiger partial charge in [-0.2, -0.15) is 0 Å². The van der Waals surface area contributed by atoms with E-state index in [0.717, 1.165) is 17.2 Å². The van der Waals surface area contributed by atoms with Gasteiger partial charge in [0.05, 0.1) is 15.5 Å². The second-order valence-corrected chi connectivity index (χ2v) is 6.98. The fourth-order valence-electron chi connectivity index (χ4n) is 2.89. The summed E-state index contributed by atoms with van der Waals surface area (Å²) in [5.41, 5.74) is 2.28. The van der Waals surface area contributed by atoms with E-state index in [1.807, 2.05) is 0 Å². The maximum atomic E-state index is 12.2. The number of rotatable bonds is 5. The normalized spacial score (nSPS) is 14.5. The van der Waals surface area contributed by atoms with Gasteiger partial charge >= 0.3 is 11.9 Å². The Morgan fingerprint density at radius 2 is 1.93 bits per heavy atom. The Kier molecular flexibility index (Phi) is 5.98. The van der Waals surface area contributed by atoms with E-state index in [2.05, 4.69) is 4.99 Å². The summed E-state index contributed by atoms with van der Waals surface area (Å²) in [5.74, 6) is -0.551. The van der Waals surface area contributed by atoms with E-state index in [0.29, 0.717) is 11.3 Å². The molecule has 2 aromatic rings. The molecular formula is C21H17ClN2O6. The first-order chi connectivity index (χ1) is 14.2. The summed E-state index contributed by atoms with van der Waals surface area (Å²) in [7, 11) is 0. The summed E-state index contributed by atoms with van der Waals surface area (Å²) >= 11 is 6.08. The highest BCUT2D eigenvalue weighted by Gasteiger charge is 2.26. The van der Waals surface area contributed by atoms with Crippen molar-refractivity contribution >= 4 is 41.2 Å². The molecule has 0 N–H and O–H groups in total. The van der Waals surface area contributed by atoms with Crippen LogP contribution in [0.5, 0.6) is 5.75 Å². The molecule has 0 saturated carbocycles. The number of nitro benzene ring substituents is 1. The van der Waals surface area contributed by atoms with Crippen LogP contribution in [-0.4, -0.2) is 22.8 Å². The molecule has 1 heterocycles. The molecular weight excluding hydrogens is 412 g/mol. The molecule has 3 rings (SSSR count). The molecule has 1 aliphatic rings. The number of halogens is 1. The Morgan fingerprint density at radius 3 is 2.50 bits per heavy atom. The first-order valence-corrected chi connectivity index (χ1v) is 9.36. The number of non-ortho nitro benzene ring substituents is 1. The first-order valence-electron chi connectivity index (χ1n) is 8.98. The van der Waals surface area contributed by atoms with Crippen LogP contribution in [0.25, 0.3) is 6.08 Å². The van der Waals surface area contributed by atoms with Crippen LogP contribution in [0.3, 0.4) is 0 Å². The molecule has 0 atom stereocenters. The monoisotopic (exact) mass is 428 g/mol. The minimum Gasteiger partial charge on any atom is -0.426 e. The third-order valence-corrected chi connectivity index (χ3v) is 4.62. The second-order valence-electron chi connectivity index (χ2n) is 6.57. The van der Waals surface area contributed by atoms with E-state index in [4.69, 9.17) is 21.1 Å². The minimum atomic E-state index is -0.670. The van der Waals surface area contributed by atoms with E-state index in [1.165, 1.54) is 12.1 Å². The number of ether oxygens (including phenoxy) is 2. The third kappa shape index (κ3) is 4.38. The van der Waals surface area contributed by atoms with Gasteiger partial charge in [0.15, 0.2) is 5.70 Å². The molecule has 154 valence electrons. The summed E-state index contributed by atoms with van der Waals surface area (Å²) < 4.78 is 10.5. The average Bonchev–Trinajstić information content (AvgIpc) is 3.04. The van der Waals surface area contributed by atoms with Gasteiger partial charge in [0.1, 0.15) is 5.75 Å². The largest absolute Gasteiger partial charge is 0.426 e. The van der Waals surface area contributed by atoms with E-state index in [1.54, 1.807) is 39.0 Å². The number of aliphatic imine (C=N–C) groups is 1. The van der Waals surface area contributed by atoms with Crippen molar-refractivity contribution in [2.24, 2.45) is 4.99 Å². The number of benzene rings is 2. The van der Waals surface area contributed by atoms with Crippen molar-refractivity contribution in [3.05, 3.63) is 73.4 Å². The van der Waals surface area contributed by atoms with Gasteiger partial charge < -0.3 is 9.47 Å². The Morgan fingerprint density at radius 1 is 1.27 bits per heavy atom. The molecule has 1 aliphatic heterocycles. The van der Waals surface area contributed by atoms with Crippen LogP contribution in [0.15, 0.2) is 41.0 Å². The molecule has 0 amide bonds. The summed E-state index contributed by atoms with van der Waals surface area (Å²) in [4.78, 5) is 38.3. The number of esters is 2. The summed E-state index contributed by atoms with van der Waals surface area (Å²) in [5, 5.41) is 10.9. The molecule has 0 saturated heterocycles. The lowest BCUT2D eigenvalue weighted by Crippen LogP contribution is -2.08. The SMILES string of the molecule is CCC(=O)Oc1c(C)cc(/C=C2\N=C(c3ccc([N+](=O)[O-])cc3Cl)OC2=O)cc1C. The second kappa shape index (κ2) is 8.46. The van der Waals surface area contributed by atoms with E-state index in [9.17, 15) is 19.7 Å². The molecule has 0 unspecified atom stereocenters. The Labute approximate surface area is 176 Å². The van der Waals surface area contributed by atoms with Crippen LogP contribution in [0, 0.1) is 24.0 Å². The zero-order chi connectivity index (χ0) is 22.0. The number of carbonyl (C=O) groups excluding carboxylic acids is 2. The number of aryl methyl sites for hydroxylation is 2. The fraction of sp³-hybridized carbons (Fsp3) is 0.190. The standard InChI is InChI=1S/C21H17ClN2O6/c1-4-18(25)29-19-11(2)7-13(8-12(19)3)9-17-21(26)30-20(23-17)15-6-5-14(24(27)28)10-16(15)22/h5-10H,4H2,1-3H3/b17-9-. The number of carbonyl (C=O) groups is 2. The molecule has 9 heteroatoms. The highest BCUT2D eigenvalue weighted by Crippen LogP contribution is 2.29. The van der Waals surface area contributed by atoms with Crippen LogP contribution >= 0.6 is 11.6 Å². The average molecular weight is 429 g/mol. The van der Waals surface area contributed by atoms with Gasteiger partial charge in [-0.05, 0) is 54.8 Å². The highest BCUT2D eigenvalue weighted by molar-refractivity contribution is 6.34. The van der Waals surface area contributed by atoms with Gasteiger partial charge in [0.25, 0.3) is 5.69 Å². The van der Waals surface area contributed by atoms with Crippen molar-refractivity contribution < 1.29 is 24.0 Å². The van der Waals surface area contributed by atoms with Crippen LogP contribution in [0.2, 0.25) is 5.02 Å². The maximum absolute atomic E-state index is 12.2. The minimum absolute atomic E-state index is 0.0342. The quantitative estimate of drug-likeness (QED) is 0.228. The van der Waals surface area contributed by atoms with Crippen LogP contribution in [0.1, 0.15) is 35.6 Å². The fourth-order valence-corrected chi connectivity index (χ4v) is 3.14. The predicted molar refractivity (Wildman–Crippen MR) is 111 cm³/mol. The van der Waals surface area contributed by atoms with Crippen molar-refractivity contribution in [2.45, 2.75) is 27.2 Å². The van der Waals surface area contributed by atoms with Crippen molar-refractivity contribution in [3.8, 4) is 5.75 Å². The smallest absolute Gasteiger partial charge is 0.363 e. The molecule has 0 spiro atoms. The molecule has 0 aromatic heterocycles. The predicted octanol–water partition coefficient (Wildman–Crippen LogP) is 4.52. The van der Waals surface area contributed by atoms with E-state index in [-0.39, 0.29) is 40.3 Å². The van der Waals surface area contributed by atoms with Gasteiger partial charge in [0.2, 0.25) is 5.90 Å². The Hall–Kier alpha value is -3.52. The van der Waals surface area contributed by atoms with Crippen LogP contribution in [0.4, 0.5) is 5.69 Å². The lowest BCUT2D eigenvalue weighted by molar-refractivity contribution is -0.384. The molecule has 0 radical (unpaired) electrons. The van der Waals surface area contributed by atoms with Gasteiger partial charge in [0, 0.05) is 18.6 Å². The molecule has 0 aliphatic carbocycles. The van der Waals surface area contributed by atoms with Gasteiger partial charge in [-0.1, -0.05) is 18.5 Å². The van der Waals surface area contributed by atoms with Gasteiger partial charge in [-0.15, -0.1) is 0 Å². The van der Waals surface area contributed by atoms with Gasteiger partial charge in [-0.3, -0.25) is 14.9 Å². The molecule has 8 nitrogen and oxygen atoms in total. The molecule has 30 heavy (non-hydrogen) atoms. The van der Waals surface area contributed by atoms with Crippen molar-refractivity contribution in [1.82, 2.24) is 0 Å². The van der Waals surface area contributed by atoms with E-state index < -0.39 is 10.9 Å². The van der Waals surface area contributed by atoms with Crippen LogP contribution in [-0.2, 0) is 14.3 Å². The zero-order valence-corrected chi connectivity index (χ0v) is 17.1. The topological polar surface area (TPSA) is 108 Å². The lowest BCUT2D eigenvalue weighted by atomic mass is 10.0. The van der Waals surface area contributed by atoms with Crippen LogP contribution < -0.4 is 4.74 Å². The lowest BCUT2D eigenvalue weighted by Gasteiger charge is -2.11. The molecule has 0 bridgehead atoms. The number of hydrogen-bond acceptors (Lipinski definition) is 7. The van der Waals surface area contributed by atoms with E-state index >= 15 is 0 Å². The summed E-state index contributed by atoms with van der Waals surface area (Å²) in [6.45, 7) is 5.31. The molecule has 2 aromatic carbocycles. The number of hydrogen-bond donors (Lipinski definition) is 0. The third-order valence-electron chi connectivity index (χ3n) is 4.31. The van der Waals surface area contributed by atoms with Crippen molar-refractivity contribution in [3.63, 3.8) is 0 Å². The zero-order valence-electron chi connectivity index (χ0n) is 16.4. The number of nitrogens with zero attached hydrogens (tertiary/aromatic N) is 2. The van der Waals surface area contributed by atoms with Crippen molar-refractivity contribution in [2.75, 3.05) is 0 Å². The van der Waals surface area contributed by atoms with Gasteiger partial charge in [-0.25, -0.2) is 9.79 Å². The molecule has 0 fully saturated rings.